The van der Waals surface area contributed by atoms with Gasteiger partial charge in [-0.05, 0) is 36.6 Å². The van der Waals surface area contributed by atoms with Gasteiger partial charge in [-0.3, -0.25) is 0 Å². The maximum Gasteiger partial charge on any atom is 0.407 e. The second-order valence-electron chi connectivity index (χ2n) is 6.35. The van der Waals surface area contributed by atoms with Crippen LogP contribution in [0.4, 0.5) is 18.0 Å². The minimum atomic E-state index is -1.35. The third kappa shape index (κ3) is 3.39. The van der Waals surface area contributed by atoms with Crippen molar-refractivity contribution in [1.82, 2.24) is 4.90 Å². The highest BCUT2D eigenvalue weighted by molar-refractivity contribution is 5.66. The number of carboxylic acid groups (broad SMARTS) is 1. The van der Waals surface area contributed by atoms with Crippen LogP contribution in [0.1, 0.15) is 29.9 Å². The molecule has 1 saturated heterocycles. The first kappa shape index (κ1) is 18.3. The summed E-state index contributed by atoms with van der Waals surface area (Å²) in [5.41, 5.74) is 0.111. The van der Waals surface area contributed by atoms with Gasteiger partial charge in [0.1, 0.15) is 5.82 Å². The van der Waals surface area contributed by atoms with Gasteiger partial charge in [0.25, 0.3) is 0 Å². The van der Waals surface area contributed by atoms with E-state index in [1.165, 1.54) is 30.3 Å². The molecular weight excluding hydrogens is 347 g/mol. The van der Waals surface area contributed by atoms with E-state index in [-0.39, 0.29) is 17.7 Å². The molecule has 0 spiro atoms. The second-order valence-corrected chi connectivity index (χ2v) is 6.35. The van der Waals surface area contributed by atoms with E-state index < -0.39 is 41.6 Å². The lowest BCUT2D eigenvalue weighted by Crippen LogP contribution is -2.45. The quantitative estimate of drug-likeness (QED) is 0.868. The number of carbonyl (C=O) groups is 1. The Morgan fingerprint density at radius 2 is 1.88 bits per heavy atom. The van der Waals surface area contributed by atoms with Gasteiger partial charge in [-0.2, -0.15) is 0 Å². The van der Waals surface area contributed by atoms with Gasteiger partial charge in [-0.25, -0.2) is 18.0 Å². The Morgan fingerprint density at radius 1 is 1.15 bits per heavy atom. The Hall–Kier alpha value is -2.54. The molecule has 1 amide bonds. The summed E-state index contributed by atoms with van der Waals surface area (Å²) >= 11 is 0. The van der Waals surface area contributed by atoms with Crippen molar-refractivity contribution < 1.29 is 28.2 Å². The molecule has 1 fully saturated rings. The van der Waals surface area contributed by atoms with Crippen LogP contribution in [0.2, 0.25) is 0 Å². The van der Waals surface area contributed by atoms with Crippen molar-refractivity contribution >= 4 is 6.09 Å². The first-order valence-electron chi connectivity index (χ1n) is 8.27. The van der Waals surface area contributed by atoms with Crippen LogP contribution in [0.25, 0.3) is 0 Å². The number of rotatable bonds is 4. The van der Waals surface area contributed by atoms with E-state index >= 15 is 0 Å². The van der Waals surface area contributed by atoms with Crippen molar-refractivity contribution in [3.63, 3.8) is 0 Å². The van der Waals surface area contributed by atoms with Gasteiger partial charge in [0.05, 0.1) is 12.1 Å². The van der Waals surface area contributed by atoms with Crippen molar-refractivity contribution in [2.75, 3.05) is 6.54 Å². The molecule has 0 saturated carbocycles. The van der Waals surface area contributed by atoms with Crippen LogP contribution in [-0.2, 0) is 0 Å². The molecule has 2 N–H and O–H groups in total. The molecular formula is C19H18F3NO3. The Balaban J connectivity index is 2.09. The van der Waals surface area contributed by atoms with Crippen molar-refractivity contribution in [2.45, 2.75) is 30.9 Å². The van der Waals surface area contributed by atoms with E-state index in [1.807, 2.05) is 0 Å². The monoisotopic (exact) mass is 365 g/mol. The Labute approximate surface area is 148 Å². The highest BCUT2D eigenvalue weighted by Gasteiger charge is 2.40. The summed E-state index contributed by atoms with van der Waals surface area (Å²) in [5.74, 6) is -3.91. The fraction of sp³-hybridized carbons (Fsp3) is 0.316. The second kappa shape index (κ2) is 7.37. The maximum absolute atomic E-state index is 14.4. The largest absolute Gasteiger partial charge is 0.465 e. The lowest BCUT2D eigenvalue weighted by molar-refractivity contribution is 0.0575. The van der Waals surface area contributed by atoms with Gasteiger partial charge in [-0.15, -0.1) is 0 Å². The maximum atomic E-state index is 14.4. The number of aliphatic hydroxyl groups excluding tert-OH is 1. The highest BCUT2D eigenvalue weighted by atomic mass is 19.2. The van der Waals surface area contributed by atoms with Crippen molar-refractivity contribution in [3.8, 4) is 0 Å². The molecule has 0 aliphatic carbocycles. The summed E-state index contributed by atoms with van der Waals surface area (Å²) < 4.78 is 41.9. The summed E-state index contributed by atoms with van der Waals surface area (Å²) in [7, 11) is 0. The van der Waals surface area contributed by atoms with Crippen LogP contribution in [0, 0.1) is 17.5 Å². The van der Waals surface area contributed by atoms with Crippen molar-refractivity contribution in [3.05, 3.63) is 71.0 Å². The van der Waals surface area contributed by atoms with Gasteiger partial charge in [0.2, 0.25) is 0 Å². The molecule has 138 valence electrons. The van der Waals surface area contributed by atoms with Gasteiger partial charge < -0.3 is 15.1 Å². The molecule has 7 heteroatoms. The van der Waals surface area contributed by atoms with Gasteiger partial charge >= 0.3 is 6.09 Å². The zero-order chi connectivity index (χ0) is 18.8. The molecule has 1 heterocycles. The third-order valence-electron chi connectivity index (χ3n) is 4.81. The zero-order valence-corrected chi connectivity index (χ0v) is 13.8. The van der Waals surface area contributed by atoms with Crippen LogP contribution >= 0.6 is 0 Å². The van der Waals surface area contributed by atoms with E-state index in [9.17, 15) is 28.2 Å². The van der Waals surface area contributed by atoms with E-state index in [1.54, 1.807) is 0 Å². The average Bonchev–Trinajstić information content (AvgIpc) is 3.09. The minimum Gasteiger partial charge on any atom is -0.465 e. The number of benzene rings is 2. The predicted octanol–water partition coefficient (Wildman–Crippen LogP) is 3.74. The molecule has 26 heavy (non-hydrogen) atoms. The van der Waals surface area contributed by atoms with Gasteiger partial charge in [0.15, 0.2) is 11.6 Å². The average molecular weight is 365 g/mol. The molecule has 4 nitrogen and oxygen atoms in total. The number of hydrogen-bond acceptors (Lipinski definition) is 2. The van der Waals surface area contributed by atoms with Crippen LogP contribution in [0.3, 0.4) is 0 Å². The number of amides is 1. The van der Waals surface area contributed by atoms with Crippen LogP contribution < -0.4 is 0 Å². The molecule has 3 atom stereocenters. The standard InChI is InChI=1S/C19H18F3NO3/c20-12-5-1-4-11(10-12)16(13-6-2-7-14(21)17(13)22)18(24)15-8-3-9-23(15)19(25)26/h1-2,4-7,10,15-16,18,24H,3,8-9H2,(H,25,26)/t15?,16-,18+/m0/s1. The smallest absolute Gasteiger partial charge is 0.407 e. The zero-order valence-electron chi connectivity index (χ0n) is 13.8. The van der Waals surface area contributed by atoms with Gasteiger partial charge in [-0.1, -0.05) is 24.3 Å². The normalized spacial score (nSPS) is 19.4. The fourth-order valence-electron chi connectivity index (χ4n) is 3.63. The van der Waals surface area contributed by atoms with E-state index in [0.29, 0.717) is 12.8 Å². The number of aliphatic hydroxyl groups is 1. The van der Waals surface area contributed by atoms with E-state index in [2.05, 4.69) is 0 Å². The lowest BCUT2D eigenvalue weighted by atomic mass is 9.82. The van der Waals surface area contributed by atoms with Crippen LogP contribution in [-0.4, -0.2) is 39.9 Å². The number of nitrogens with zero attached hydrogens (tertiary/aromatic N) is 1. The topological polar surface area (TPSA) is 60.8 Å². The predicted molar refractivity (Wildman–Crippen MR) is 88.4 cm³/mol. The van der Waals surface area contributed by atoms with Gasteiger partial charge in [0, 0.05) is 18.0 Å². The van der Waals surface area contributed by atoms with Crippen molar-refractivity contribution in [1.29, 1.82) is 0 Å². The van der Waals surface area contributed by atoms with Crippen LogP contribution in [0.15, 0.2) is 42.5 Å². The summed E-state index contributed by atoms with van der Waals surface area (Å²) in [6.07, 6.45) is -1.61. The molecule has 1 unspecified atom stereocenters. The Bertz CT molecular complexity index is 814. The summed E-state index contributed by atoms with van der Waals surface area (Å²) in [6.45, 7) is 0.249. The lowest BCUT2D eigenvalue weighted by Gasteiger charge is -2.32. The molecule has 1 aliphatic rings. The minimum absolute atomic E-state index is 0.139. The summed E-state index contributed by atoms with van der Waals surface area (Å²) in [5, 5.41) is 20.2. The molecule has 1 aliphatic heterocycles. The molecule has 3 rings (SSSR count). The molecule has 2 aromatic carbocycles. The molecule has 0 radical (unpaired) electrons. The Kier molecular flexibility index (Phi) is 5.18. The third-order valence-corrected chi connectivity index (χ3v) is 4.81. The number of hydrogen-bond donors (Lipinski definition) is 2. The summed E-state index contributed by atoms with van der Waals surface area (Å²) in [4.78, 5) is 12.5. The van der Waals surface area contributed by atoms with Crippen LogP contribution in [0.5, 0.6) is 0 Å². The highest BCUT2D eigenvalue weighted by Crippen LogP contribution is 2.36. The van der Waals surface area contributed by atoms with E-state index in [0.717, 1.165) is 17.0 Å². The number of halogens is 3. The molecule has 0 aromatic heterocycles. The Morgan fingerprint density at radius 3 is 2.58 bits per heavy atom. The first-order chi connectivity index (χ1) is 12.4. The number of likely N-dealkylation sites (tertiary alicyclic amines) is 1. The first-order valence-corrected chi connectivity index (χ1v) is 8.27. The fourth-order valence-corrected chi connectivity index (χ4v) is 3.63. The SMILES string of the molecule is O=C(O)N1CCCC1[C@@H](O)[C@@H](c1cccc(F)c1)c1cccc(F)c1F. The summed E-state index contributed by atoms with van der Waals surface area (Å²) in [6, 6.07) is 8.03. The van der Waals surface area contributed by atoms with E-state index in [4.69, 9.17) is 0 Å². The molecule has 0 bridgehead atoms. The molecule has 2 aromatic rings. The van der Waals surface area contributed by atoms with Crippen molar-refractivity contribution in [2.24, 2.45) is 0 Å².